The van der Waals surface area contributed by atoms with Crippen molar-refractivity contribution in [2.75, 3.05) is 5.32 Å². The molecule has 30 heavy (non-hydrogen) atoms. The number of amides is 1. The molecule has 0 atom stereocenters. The second kappa shape index (κ2) is 8.11. The van der Waals surface area contributed by atoms with Gasteiger partial charge in [0.2, 0.25) is 11.1 Å². The van der Waals surface area contributed by atoms with Gasteiger partial charge in [0.1, 0.15) is 5.58 Å². The fourth-order valence-corrected chi connectivity index (χ4v) is 4.02. The lowest BCUT2D eigenvalue weighted by Gasteiger charge is -2.09. The molecule has 0 saturated carbocycles. The van der Waals surface area contributed by atoms with E-state index in [0.717, 1.165) is 27.8 Å². The Kier molecular flexibility index (Phi) is 5.37. The van der Waals surface area contributed by atoms with E-state index in [0.29, 0.717) is 22.2 Å². The van der Waals surface area contributed by atoms with Crippen LogP contribution in [0.2, 0.25) is 0 Å². The van der Waals surface area contributed by atoms with E-state index in [-0.39, 0.29) is 11.5 Å². The number of thioether (sulfide) groups is 1. The smallest absolute Gasteiger partial charge is 0.336 e. The third-order valence-electron chi connectivity index (χ3n) is 4.73. The summed E-state index contributed by atoms with van der Waals surface area (Å²) in [5.74, 6) is 0.342. The molecule has 4 aromatic rings. The van der Waals surface area contributed by atoms with Crippen LogP contribution in [0.4, 0.5) is 5.69 Å². The standard InChI is InChI=1S/C21H19N5O3S/c1-12-7-8-18-15(9-19(28)29-20(18)13(12)2)11-30-21-23-24-25-26(21)17-6-4-5-16(10-17)22-14(3)27/h4-10H,11H2,1-3H3,(H,22,27). The molecule has 2 aromatic heterocycles. The van der Waals surface area contributed by atoms with Gasteiger partial charge in [-0.15, -0.1) is 5.10 Å². The third kappa shape index (κ3) is 3.97. The number of aryl methyl sites for hydroxylation is 2. The number of benzene rings is 2. The van der Waals surface area contributed by atoms with Crippen LogP contribution in [0.3, 0.4) is 0 Å². The summed E-state index contributed by atoms with van der Waals surface area (Å²) in [4.78, 5) is 23.4. The van der Waals surface area contributed by atoms with E-state index in [1.165, 1.54) is 24.8 Å². The van der Waals surface area contributed by atoms with Crippen LogP contribution in [0, 0.1) is 13.8 Å². The fourth-order valence-electron chi connectivity index (χ4n) is 3.14. The van der Waals surface area contributed by atoms with Crippen molar-refractivity contribution in [3.63, 3.8) is 0 Å². The lowest BCUT2D eigenvalue weighted by molar-refractivity contribution is -0.114. The van der Waals surface area contributed by atoms with E-state index >= 15 is 0 Å². The summed E-state index contributed by atoms with van der Waals surface area (Å²) in [7, 11) is 0. The Morgan fingerprint density at radius 3 is 2.83 bits per heavy atom. The second-order valence-corrected chi connectivity index (χ2v) is 7.81. The molecule has 4 rings (SSSR count). The van der Waals surface area contributed by atoms with Crippen molar-refractivity contribution in [2.45, 2.75) is 31.7 Å². The molecule has 0 unspecified atom stereocenters. The first-order chi connectivity index (χ1) is 14.4. The molecule has 1 N–H and O–H groups in total. The first kappa shape index (κ1) is 19.8. The Bertz CT molecular complexity index is 1310. The summed E-state index contributed by atoms with van der Waals surface area (Å²) in [6, 6.07) is 12.7. The quantitative estimate of drug-likeness (QED) is 0.388. The monoisotopic (exact) mass is 421 g/mol. The van der Waals surface area contributed by atoms with Crippen molar-refractivity contribution in [3.8, 4) is 5.69 Å². The van der Waals surface area contributed by atoms with Crippen LogP contribution in [0.1, 0.15) is 23.6 Å². The first-order valence-electron chi connectivity index (χ1n) is 9.24. The minimum absolute atomic E-state index is 0.154. The Labute approximate surface area is 176 Å². The molecule has 2 aromatic carbocycles. The van der Waals surface area contributed by atoms with Gasteiger partial charge in [0, 0.05) is 29.8 Å². The number of tetrazole rings is 1. The lowest BCUT2D eigenvalue weighted by Crippen LogP contribution is -2.07. The van der Waals surface area contributed by atoms with Gasteiger partial charge in [-0.25, -0.2) is 4.79 Å². The maximum atomic E-state index is 12.1. The van der Waals surface area contributed by atoms with Crippen LogP contribution in [0.15, 0.2) is 56.8 Å². The molecule has 0 spiro atoms. The number of rotatable bonds is 5. The number of nitrogens with one attached hydrogen (secondary N) is 1. The molecular formula is C21H19N5O3S. The molecule has 1 amide bonds. The summed E-state index contributed by atoms with van der Waals surface area (Å²) in [5, 5.41) is 16.2. The zero-order valence-corrected chi connectivity index (χ0v) is 17.5. The van der Waals surface area contributed by atoms with Crippen molar-refractivity contribution in [3.05, 3.63) is 69.6 Å². The number of aromatic nitrogens is 4. The fraction of sp³-hybridized carbons (Fsp3) is 0.190. The molecule has 152 valence electrons. The maximum Gasteiger partial charge on any atom is 0.336 e. The van der Waals surface area contributed by atoms with Gasteiger partial charge in [-0.1, -0.05) is 30.0 Å². The molecule has 8 nitrogen and oxygen atoms in total. The van der Waals surface area contributed by atoms with E-state index < -0.39 is 0 Å². The molecule has 0 saturated heterocycles. The largest absolute Gasteiger partial charge is 0.422 e. The van der Waals surface area contributed by atoms with Gasteiger partial charge < -0.3 is 9.73 Å². The number of fused-ring (bicyclic) bond motifs is 1. The van der Waals surface area contributed by atoms with E-state index in [2.05, 4.69) is 20.8 Å². The average Bonchev–Trinajstić information content (AvgIpc) is 3.17. The van der Waals surface area contributed by atoms with Gasteiger partial charge in [-0.05, 0) is 59.2 Å². The molecule has 0 aliphatic carbocycles. The van der Waals surface area contributed by atoms with Crippen LogP contribution in [0.5, 0.6) is 0 Å². The number of hydrogen-bond donors (Lipinski definition) is 1. The minimum Gasteiger partial charge on any atom is -0.422 e. The summed E-state index contributed by atoms with van der Waals surface area (Å²) in [6.45, 7) is 5.38. The summed E-state index contributed by atoms with van der Waals surface area (Å²) >= 11 is 1.41. The highest BCUT2D eigenvalue weighted by atomic mass is 32.2. The normalized spacial score (nSPS) is 11.0. The van der Waals surface area contributed by atoms with Gasteiger partial charge in [0.25, 0.3) is 0 Å². The molecule has 0 radical (unpaired) electrons. The van der Waals surface area contributed by atoms with Crippen molar-refractivity contribution < 1.29 is 9.21 Å². The summed E-state index contributed by atoms with van der Waals surface area (Å²) in [5.41, 5.74) is 4.49. The van der Waals surface area contributed by atoms with Gasteiger partial charge in [0.05, 0.1) is 5.69 Å². The van der Waals surface area contributed by atoms with Gasteiger partial charge in [-0.3, -0.25) is 4.79 Å². The molecule has 0 aliphatic rings. The zero-order valence-electron chi connectivity index (χ0n) is 16.7. The summed E-state index contributed by atoms with van der Waals surface area (Å²) < 4.78 is 7.04. The van der Waals surface area contributed by atoms with Gasteiger partial charge in [0.15, 0.2) is 0 Å². The average molecular weight is 421 g/mol. The third-order valence-corrected chi connectivity index (χ3v) is 5.69. The number of nitrogens with zero attached hydrogens (tertiary/aromatic N) is 4. The predicted molar refractivity (Wildman–Crippen MR) is 115 cm³/mol. The zero-order chi connectivity index (χ0) is 21.3. The Morgan fingerprint density at radius 1 is 1.20 bits per heavy atom. The number of carbonyl (C=O) groups is 1. The lowest BCUT2D eigenvalue weighted by atomic mass is 10.0. The van der Waals surface area contributed by atoms with Crippen molar-refractivity contribution in [1.82, 2.24) is 20.2 Å². The van der Waals surface area contributed by atoms with Crippen LogP contribution in [-0.4, -0.2) is 26.1 Å². The van der Waals surface area contributed by atoms with Crippen molar-refractivity contribution >= 4 is 34.3 Å². The van der Waals surface area contributed by atoms with Gasteiger partial charge >= 0.3 is 5.63 Å². The maximum absolute atomic E-state index is 12.1. The van der Waals surface area contributed by atoms with E-state index in [1.807, 2.05) is 38.1 Å². The summed E-state index contributed by atoms with van der Waals surface area (Å²) in [6.07, 6.45) is 0. The second-order valence-electron chi connectivity index (χ2n) is 6.87. The molecule has 2 heterocycles. The van der Waals surface area contributed by atoms with Crippen LogP contribution >= 0.6 is 11.8 Å². The Balaban J connectivity index is 1.64. The Hall–Kier alpha value is -3.46. The molecule has 9 heteroatoms. The van der Waals surface area contributed by atoms with E-state index in [9.17, 15) is 9.59 Å². The molecule has 0 bridgehead atoms. The highest BCUT2D eigenvalue weighted by molar-refractivity contribution is 7.98. The number of hydrogen-bond acceptors (Lipinski definition) is 7. The topological polar surface area (TPSA) is 103 Å². The van der Waals surface area contributed by atoms with Gasteiger partial charge in [-0.2, -0.15) is 4.68 Å². The molecule has 0 fully saturated rings. The molecule has 0 aliphatic heterocycles. The predicted octanol–water partition coefficient (Wildman–Crippen LogP) is 3.64. The highest BCUT2D eigenvalue weighted by Crippen LogP contribution is 2.29. The van der Waals surface area contributed by atoms with E-state index in [4.69, 9.17) is 4.42 Å². The van der Waals surface area contributed by atoms with Crippen LogP contribution in [-0.2, 0) is 10.5 Å². The first-order valence-corrected chi connectivity index (χ1v) is 10.2. The minimum atomic E-state index is -0.380. The highest BCUT2D eigenvalue weighted by Gasteiger charge is 2.14. The Morgan fingerprint density at radius 2 is 2.03 bits per heavy atom. The SMILES string of the molecule is CC(=O)Nc1cccc(-n2nnnc2SCc2cc(=O)oc3c(C)c(C)ccc23)c1. The van der Waals surface area contributed by atoms with Crippen molar-refractivity contribution in [1.29, 1.82) is 0 Å². The van der Waals surface area contributed by atoms with Crippen LogP contribution < -0.4 is 10.9 Å². The number of carbonyl (C=O) groups excluding carboxylic acids is 1. The number of anilines is 1. The molecular weight excluding hydrogens is 402 g/mol. The van der Waals surface area contributed by atoms with Crippen LogP contribution in [0.25, 0.3) is 16.7 Å². The van der Waals surface area contributed by atoms with E-state index in [1.54, 1.807) is 16.8 Å². The van der Waals surface area contributed by atoms with Crippen molar-refractivity contribution in [2.24, 2.45) is 0 Å².